The summed E-state index contributed by atoms with van der Waals surface area (Å²) in [6.07, 6.45) is 1.87. The largest absolute Gasteiger partial charge is 0.505 e. The fourth-order valence-corrected chi connectivity index (χ4v) is 6.75. The molecule has 0 aromatic heterocycles. The van der Waals surface area contributed by atoms with E-state index < -0.39 is 68.6 Å². The zero-order valence-electron chi connectivity index (χ0n) is 16.2. The number of rotatable bonds is 1. The van der Waals surface area contributed by atoms with E-state index in [1.54, 1.807) is 6.08 Å². The van der Waals surface area contributed by atoms with E-state index in [2.05, 4.69) is 5.32 Å². The summed E-state index contributed by atoms with van der Waals surface area (Å²) in [5, 5.41) is 12.0. The van der Waals surface area contributed by atoms with Crippen LogP contribution in [0.1, 0.15) is 24.3 Å². The van der Waals surface area contributed by atoms with Crippen LogP contribution < -0.4 is 5.32 Å². The molecule has 2 aliphatic carbocycles. The molecule has 7 nitrogen and oxygen atoms in total. The summed E-state index contributed by atoms with van der Waals surface area (Å²) < 4.78 is 14.3. The number of phenols is 1. The molecule has 0 radical (unpaired) electrons. The molecule has 4 amide bonds. The Bertz CT molecular complexity index is 1120. The van der Waals surface area contributed by atoms with Crippen molar-refractivity contribution in [2.45, 2.75) is 28.5 Å². The van der Waals surface area contributed by atoms with Gasteiger partial charge in [-0.15, -0.1) is 23.2 Å². The Kier molecular flexibility index (Phi) is 4.15. The molecule has 2 N–H and O–H groups in total. The summed E-state index contributed by atoms with van der Waals surface area (Å²) in [6.45, 7) is 0. The molecule has 6 unspecified atom stereocenters. The molecule has 2 aliphatic heterocycles. The van der Waals surface area contributed by atoms with Gasteiger partial charge in [-0.05, 0) is 36.5 Å². The maximum atomic E-state index is 14.3. The van der Waals surface area contributed by atoms with Gasteiger partial charge in [-0.1, -0.05) is 17.7 Å². The summed E-state index contributed by atoms with van der Waals surface area (Å²) in [7, 11) is 1.28. The summed E-state index contributed by atoms with van der Waals surface area (Å²) in [5.74, 6) is -6.83. The third-order valence-corrected chi connectivity index (χ3v) is 8.58. The molecule has 5 rings (SSSR count). The topological polar surface area (TPSA) is 104 Å². The number of hydrogen-bond donors (Lipinski definition) is 2. The average molecular weight is 467 g/mol. The number of likely N-dealkylation sites (tertiary alicyclic amines) is 1. The Hall–Kier alpha value is -2.45. The highest BCUT2D eigenvalue weighted by Gasteiger charge is 2.75. The fraction of sp³-hybridized carbons (Fsp3) is 0.429. The summed E-state index contributed by atoms with van der Waals surface area (Å²) in [6, 6.07) is 3.59. The van der Waals surface area contributed by atoms with E-state index in [4.69, 9.17) is 23.2 Å². The first-order valence-electron chi connectivity index (χ1n) is 9.76. The Labute approximate surface area is 186 Å². The van der Waals surface area contributed by atoms with Crippen molar-refractivity contribution in [2.75, 3.05) is 7.05 Å². The van der Waals surface area contributed by atoms with Crippen molar-refractivity contribution < 1.29 is 28.7 Å². The number of aromatic hydroxyl groups is 1. The smallest absolute Gasteiger partial charge is 0.253 e. The van der Waals surface area contributed by atoms with Gasteiger partial charge >= 0.3 is 0 Å². The molecule has 0 spiro atoms. The van der Waals surface area contributed by atoms with Gasteiger partial charge in [-0.2, -0.15) is 0 Å². The molecule has 1 aromatic carbocycles. The monoisotopic (exact) mass is 466 g/mol. The first-order chi connectivity index (χ1) is 14.5. The Morgan fingerprint density at radius 1 is 1.13 bits per heavy atom. The van der Waals surface area contributed by atoms with E-state index in [0.717, 1.165) is 17.0 Å². The van der Waals surface area contributed by atoms with Crippen molar-refractivity contribution in [1.29, 1.82) is 0 Å². The van der Waals surface area contributed by atoms with E-state index in [1.807, 2.05) is 0 Å². The van der Waals surface area contributed by atoms with E-state index in [9.17, 15) is 28.7 Å². The van der Waals surface area contributed by atoms with Gasteiger partial charge in [0.15, 0.2) is 21.3 Å². The lowest BCUT2D eigenvalue weighted by molar-refractivity contribution is -0.138. The van der Waals surface area contributed by atoms with Crippen LogP contribution in [0, 0.1) is 23.6 Å². The van der Waals surface area contributed by atoms with Gasteiger partial charge in [0.2, 0.25) is 11.8 Å². The minimum atomic E-state index is -1.96. The predicted octanol–water partition coefficient (Wildman–Crippen LogP) is 1.81. The Morgan fingerprint density at radius 2 is 1.84 bits per heavy atom. The van der Waals surface area contributed by atoms with Crippen molar-refractivity contribution in [2.24, 2.45) is 17.8 Å². The maximum absolute atomic E-state index is 14.3. The lowest BCUT2D eigenvalue weighted by Gasteiger charge is -2.50. The molecule has 10 heteroatoms. The molecule has 3 fully saturated rings. The molecule has 2 saturated heterocycles. The van der Waals surface area contributed by atoms with Crippen LogP contribution in [0.4, 0.5) is 4.39 Å². The van der Waals surface area contributed by atoms with Crippen molar-refractivity contribution >= 4 is 46.8 Å². The lowest BCUT2D eigenvalue weighted by Crippen LogP contribution is -2.60. The molecule has 1 aromatic rings. The van der Waals surface area contributed by atoms with Crippen LogP contribution in [0.3, 0.4) is 0 Å². The number of amides is 4. The average Bonchev–Trinajstić information content (AvgIpc) is 3.08. The van der Waals surface area contributed by atoms with E-state index in [-0.39, 0.29) is 18.4 Å². The molecule has 162 valence electrons. The van der Waals surface area contributed by atoms with Gasteiger partial charge < -0.3 is 5.11 Å². The highest BCUT2D eigenvalue weighted by Crippen LogP contribution is 2.64. The van der Waals surface area contributed by atoms with E-state index in [0.29, 0.717) is 5.57 Å². The lowest BCUT2D eigenvalue weighted by atomic mass is 9.56. The number of allylic oxidation sites excluding steroid dienone is 2. The number of imide groups is 2. The second kappa shape index (κ2) is 6.29. The van der Waals surface area contributed by atoms with Gasteiger partial charge in [0.1, 0.15) is 0 Å². The van der Waals surface area contributed by atoms with E-state index in [1.165, 1.54) is 13.1 Å². The van der Waals surface area contributed by atoms with Crippen molar-refractivity contribution in [3.8, 4) is 5.75 Å². The summed E-state index contributed by atoms with van der Waals surface area (Å²) in [4.78, 5) is 48.1. The SMILES string of the molecule is CN1C(=O)C2(Cl)CC3C(=CCC4C(=O)NC(=O)C43)C(c3ccc(O)c(F)c3)C2(Cl)C1=O. The van der Waals surface area contributed by atoms with Crippen LogP contribution in [0.25, 0.3) is 0 Å². The number of nitrogens with zero attached hydrogens (tertiary/aromatic N) is 1. The molecule has 2 heterocycles. The van der Waals surface area contributed by atoms with Crippen LogP contribution in [0.15, 0.2) is 29.8 Å². The standard InChI is InChI=1S/C21H17Cl2FN2O5/c1-26-18(30)20(22)7-11-9(3-4-10-14(11)17(29)25-16(10)28)15(21(20,23)19(26)31)8-2-5-13(27)12(24)6-8/h2-3,5-6,10-11,14-15,27H,4,7H2,1H3,(H,25,28,29). The number of benzene rings is 1. The molecular weight excluding hydrogens is 450 g/mol. The predicted molar refractivity (Wildman–Crippen MR) is 107 cm³/mol. The summed E-state index contributed by atoms with van der Waals surface area (Å²) in [5.41, 5.74) is 0.810. The number of nitrogens with one attached hydrogen (secondary N) is 1. The van der Waals surface area contributed by atoms with Crippen LogP contribution in [0.2, 0.25) is 0 Å². The number of fused-ring (bicyclic) bond motifs is 4. The van der Waals surface area contributed by atoms with Gasteiger partial charge in [-0.3, -0.25) is 29.4 Å². The number of hydrogen-bond acceptors (Lipinski definition) is 5. The molecule has 0 bridgehead atoms. The van der Waals surface area contributed by atoms with Crippen LogP contribution in [-0.4, -0.2) is 50.4 Å². The van der Waals surface area contributed by atoms with Crippen molar-refractivity contribution in [1.82, 2.24) is 10.2 Å². The molecule has 4 aliphatic rings. The first-order valence-corrected chi connectivity index (χ1v) is 10.5. The molecule has 1 saturated carbocycles. The number of alkyl halides is 2. The summed E-state index contributed by atoms with van der Waals surface area (Å²) >= 11 is 13.8. The van der Waals surface area contributed by atoms with Crippen LogP contribution in [0.5, 0.6) is 5.75 Å². The second-order valence-corrected chi connectivity index (χ2v) is 9.80. The molecule has 6 atom stereocenters. The number of halogens is 3. The van der Waals surface area contributed by atoms with Gasteiger partial charge in [0.25, 0.3) is 11.8 Å². The molecular formula is C21H17Cl2FN2O5. The first kappa shape index (κ1) is 20.5. The zero-order valence-corrected chi connectivity index (χ0v) is 17.7. The number of carbonyl (C=O) groups is 4. The van der Waals surface area contributed by atoms with E-state index >= 15 is 0 Å². The minimum Gasteiger partial charge on any atom is -0.505 e. The minimum absolute atomic E-state index is 0.113. The molecule has 31 heavy (non-hydrogen) atoms. The van der Waals surface area contributed by atoms with Crippen LogP contribution >= 0.6 is 23.2 Å². The zero-order chi connectivity index (χ0) is 22.5. The third kappa shape index (κ3) is 2.35. The highest BCUT2D eigenvalue weighted by molar-refractivity contribution is 6.53. The quantitative estimate of drug-likeness (QED) is 0.373. The Balaban J connectivity index is 1.76. The van der Waals surface area contributed by atoms with Gasteiger partial charge in [0, 0.05) is 13.0 Å². The van der Waals surface area contributed by atoms with Crippen molar-refractivity contribution in [3.05, 3.63) is 41.2 Å². The van der Waals surface area contributed by atoms with Gasteiger partial charge in [0.05, 0.1) is 11.8 Å². The number of carbonyl (C=O) groups excluding carboxylic acids is 4. The highest BCUT2D eigenvalue weighted by atomic mass is 35.5. The van der Waals surface area contributed by atoms with Gasteiger partial charge in [-0.25, -0.2) is 4.39 Å². The van der Waals surface area contributed by atoms with Crippen molar-refractivity contribution in [3.63, 3.8) is 0 Å². The maximum Gasteiger partial charge on any atom is 0.253 e. The Morgan fingerprint density at radius 3 is 2.52 bits per heavy atom. The fourth-order valence-electron chi connectivity index (χ4n) is 5.73. The number of phenolic OH excluding ortho intramolecular Hbond substituents is 1. The van der Waals surface area contributed by atoms with Crippen LogP contribution in [-0.2, 0) is 19.2 Å². The third-order valence-electron chi connectivity index (χ3n) is 7.16. The normalized spacial score (nSPS) is 39.1. The second-order valence-electron chi connectivity index (χ2n) is 8.56.